The summed E-state index contributed by atoms with van der Waals surface area (Å²) in [5.74, 6) is -0.432. The van der Waals surface area contributed by atoms with Crippen LogP contribution in [0.4, 0.5) is 0 Å². The normalized spacial score (nSPS) is 24.2. The summed E-state index contributed by atoms with van der Waals surface area (Å²) in [7, 11) is 0. The maximum atomic E-state index is 12.8. The van der Waals surface area contributed by atoms with E-state index in [-0.39, 0.29) is 30.5 Å². The number of H-pyrrole nitrogens is 1. The van der Waals surface area contributed by atoms with Crippen LogP contribution in [0.2, 0.25) is 0 Å². The Bertz CT molecular complexity index is 935. The van der Waals surface area contributed by atoms with Gasteiger partial charge in [-0.2, -0.15) is 0 Å². The monoisotopic (exact) mass is 384 g/mol. The second kappa shape index (κ2) is 7.27. The molecular weight excluding hydrogens is 360 g/mol. The summed E-state index contributed by atoms with van der Waals surface area (Å²) in [4.78, 5) is 33.9. The van der Waals surface area contributed by atoms with Gasteiger partial charge in [-0.3, -0.25) is 9.59 Å². The lowest BCUT2D eigenvalue weighted by atomic mass is 9.85. The van der Waals surface area contributed by atoms with E-state index in [1.165, 1.54) is 0 Å². The van der Waals surface area contributed by atoms with Crippen LogP contribution >= 0.6 is 0 Å². The number of carbonyl (C=O) groups is 2. The average Bonchev–Trinajstić information content (AvgIpc) is 3.30. The molecule has 148 valence electrons. The second-order valence-electron chi connectivity index (χ2n) is 7.65. The Morgan fingerprint density at radius 3 is 2.96 bits per heavy atom. The van der Waals surface area contributed by atoms with Gasteiger partial charge in [0.2, 0.25) is 0 Å². The number of nitrogens with one attached hydrogen (secondary N) is 3. The number of oxime groups is 1. The van der Waals surface area contributed by atoms with Gasteiger partial charge in [-0.05, 0) is 44.5 Å². The fourth-order valence-corrected chi connectivity index (χ4v) is 3.67. The van der Waals surface area contributed by atoms with Crippen molar-refractivity contribution in [2.45, 2.75) is 44.4 Å². The summed E-state index contributed by atoms with van der Waals surface area (Å²) in [6.45, 7) is 4.56. The summed E-state index contributed by atoms with van der Waals surface area (Å²) in [6, 6.07) is 7.15. The molecular formula is C20H24N4O4. The van der Waals surface area contributed by atoms with E-state index in [0.717, 1.165) is 10.9 Å². The summed E-state index contributed by atoms with van der Waals surface area (Å²) in [5.41, 5.74) is 1.03. The van der Waals surface area contributed by atoms with Crippen LogP contribution in [-0.4, -0.2) is 53.4 Å². The highest BCUT2D eigenvalue weighted by Crippen LogP contribution is 2.33. The predicted octanol–water partition coefficient (Wildman–Crippen LogP) is 1.73. The van der Waals surface area contributed by atoms with Gasteiger partial charge in [-0.25, -0.2) is 0 Å². The van der Waals surface area contributed by atoms with Crippen molar-refractivity contribution in [3.05, 3.63) is 36.0 Å². The van der Waals surface area contributed by atoms with E-state index in [1.54, 1.807) is 6.07 Å². The van der Waals surface area contributed by atoms with Gasteiger partial charge in [0, 0.05) is 41.7 Å². The van der Waals surface area contributed by atoms with Crippen LogP contribution in [0.15, 0.2) is 35.6 Å². The van der Waals surface area contributed by atoms with Gasteiger partial charge in [-0.15, -0.1) is 0 Å². The minimum absolute atomic E-state index is 0.00760. The molecule has 28 heavy (non-hydrogen) atoms. The summed E-state index contributed by atoms with van der Waals surface area (Å²) < 4.78 is 5.60. The van der Waals surface area contributed by atoms with E-state index < -0.39 is 5.60 Å². The predicted molar refractivity (Wildman–Crippen MR) is 104 cm³/mol. The zero-order valence-corrected chi connectivity index (χ0v) is 16.0. The van der Waals surface area contributed by atoms with Crippen LogP contribution in [-0.2, 0) is 14.4 Å². The molecule has 2 atom stereocenters. The molecule has 1 aromatic carbocycles. The van der Waals surface area contributed by atoms with Crippen LogP contribution in [0, 0.1) is 0 Å². The number of carbonyl (C=O) groups excluding carboxylic acids is 2. The van der Waals surface area contributed by atoms with Crippen LogP contribution in [0.25, 0.3) is 10.9 Å². The van der Waals surface area contributed by atoms with Crippen LogP contribution in [0.3, 0.4) is 0 Å². The molecule has 0 radical (unpaired) electrons. The van der Waals surface area contributed by atoms with Crippen molar-refractivity contribution in [2.24, 2.45) is 5.16 Å². The van der Waals surface area contributed by atoms with Gasteiger partial charge in [-0.1, -0.05) is 5.16 Å². The smallest absolute Gasteiger partial charge is 0.269 e. The number of hydrogen-bond acceptors (Lipinski definition) is 5. The lowest BCUT2D eigenvalue weighted by Crippen LogP contribution is -2.59. The fraction of sp³-hybridized carbons (Fsp3) is 0.450. The SMILES string of the molecule is CC(C)NC(=O)C1=NOC2(COCCC2NC(=O)c2ccc3[nH]ccc3c2)C1. The molecule has 2 aliphatic heterocycles. The third-order valence-electron chi connectivity index (χ3n) is 5.14. The molecule has 0 bridgehead atoms. The van der Waals surface area contributed by atoms with E-state index in [1.807, 2.05) is 38.2 Å². The van der Waals surface area contributed by atoms with Crippen LogP contribution < -0.4 is 10.6 Å². The van der Waals surface area contributed by atoms with Crippen molar-refractivity contribution in [1.82, 2.24) is 15.6 Å². The number of fused-ring (bicyclic) bond motifs is 1. The van der Waals surface area contributed by atoms with Crippen LogP contribution in [0.1, 0.15) is 37.0 Å². The summed E-state index contributed by atoms with van der Waals surface area (Å²) in [5, 5.41) is 10.9. The van der Waals surface area contributed by atoms with Crippen molar-refractivity contribution in [1.29, 1.82) is 0 Å². The number of hydrogen-bond donors (Lipinski definition) is 3. The van der Waals surface area contributed by atoms with Crippen molar-refractivity contribution >= 4 is 28.4 Å². The number of aromatic amines is 1. The fourth-order valence-electron chi connectivity index (χ4n) is 3.67. The van der Waals surface area contributed by atoms with Gasteiger partial charge in [0.25, 0.3) is 11.8 Å². The first-order valence-corrected chi connectivity index (χ1v) is 9.48. The zero-order valence-electron chi connectivity index (χ0n) is 16.0. The molecule has 3 N–H and O–H groups in total. The highest BCUT2D eigenvalue weighted by Gasteiger charge is 2.50. The molecule has 4 rings (SSSR count). The number of amides is 2. The van der Waals surface area contributed by atoms with Gasteiger partial charge >= 0.3 is 0 Å². The van der Waals surface area contributed by atoms with Gasteiger partial charge in [0.1, 0.15) is 5.71 Å². The van der Waals surface area contributed by atoms with E-state index in [9.17, 15) is 9.59 Å². The Morgan fingerprint density at radius 2 is 2.14 bits per heavy atom. The molecule has 1 aromatic heterocycles. The number of aromatic nitrogens is 1. The number of ether oxygens (including phenoxy) is 1. The summed E-state index contributed by atoms with van der Waals surface area (Å²) in [6.07, 6.45) is 2.73. The van der Waals surface area contributed by atoms with Crippen LogP contribution in [0.5, 0.6) is 0 Å². The molecule has 1 fully saturated rings. The molecule has 2 aromatic rings. The standard InChI is InChI=1S/C20H24N4O4/c1-12(2)22-19(26)16-10-20(28-24-16)11-27-8-6-17(20)23-18(25)14-3-4-15-13(9-14)5-7-21-15/h3-5,7,9,12,17,21H,6,8,10-11H2,1-2H3,(H,22,26)(H,23,25). The molecule has 1 spiro atoms. The first-order chi connectivity index (χ1) is 13.5. The maximum absolute atomic E-state index is 12.8. The van der Waals surface area contributed by atoms with Crippen molar-refractivity contribution in [3.8, 4) is 0 Å². The lowest BCUT2D eigenvalue weighted by Gasteiger charge is -2.38. The molecule has 0 saturated carbocycles. The molecule has 0 aliphatic carbocycles. The molecule has 2 aliphatic rings. The molecule has 3 heterocycles. The topological polar surface area (TPSA) is 105 Å². The van der Waals surface area contributed by atoms with Crippen molar-refractivity contribution in [2.75, 3.05) is 13.2 Å². The Balaban J connectivity index is 1.48. The Kier molecular flexibility index (Phi) is 4.80. The van der Waals surface area contributed by atoms with Gasteiger partial charge in [0.15, 0.2) is 5.60 Å². The van der Waals surface area contributed by atoms with E-state index in [2.05, 4.69) is 20.8 Å². The van der Waals surface area contributed by atoms with E-state index in [0.29, 0.717) is 30.7 Å². The Hall–Kier alpha value is -2.87. The first kappa shape index (κ1) is 18.5. The van der Waals surface area contributed by atoms with Gasteiger partial charge < -0.3 is 25.2 Å². The van der Waals surface area contributed by atoms with E-state index >= 15 is 0 Å². The number of benzene rings is 1. The average molecular weight is 384 g/mol. The molecule has 2 amide bonds. The highest BCUT2D eigenvalue weighted by molar-refractivity contribution is 6.39. The van der Waals surface area contributed by atoms with Gasteiger partial charge in [0.05, 0.1) is 12.6 Å². The molecule has 8 nitrogen and oxygen atoms in total. The Morgan fingerprint density at radius 1 is 1.29 bits per heavy atom. The summed E-state index contributed by atoms with van der Waals surface area (Å²) >= 11 is 0. The number of rotatable bonds is 4. The Labute approximate surface area is 162 Å². The third-order valence-corrected chi connectivity index (χ3v) is 5.14. The molecule has 8 heteroatoms. The minimum atomic E-state index is -0.851. The highest BCUT2D eigenvalue weighted by atomic mass is 16.7. The maximum Gasteiger partial charge on any atom is 0.269 e. The molecule has 1 saturated heterocycles. The third kappa shape index (κ3) is 3.47. The second-order valence-corrected chi connectivity index (χ2v) is 7.65. The lowest BCUT2D eigenvalue weighted by molar-refractivity contribution is -0.128. The quantitative estimate of drug-likeness (QED) is 0.746. The number of nitrogens with zero attached hydrogens (tertiary/aromatic N) is 1. The zero-order chi connectivity index (χ0) is 19.7. The molecule has 2 unspecified atom stereocenters. The first-order valence-electron chi connectivity index (χ1n) is 9.48. The minimum Gasteiger partial charge on any atom is -0.384 e. The van der Waals surface area contributed by atoms with E-state index in [4.69, 9.17) is 9.57 Å². The largest absolute Gasteiger partial charge is 0.384 e. The van der Waals surface area contributed by atoms with Crippen molar-refractivity contribution < 1.29 is 19.2 Å². The van der Waals surface area contributed by atoms with Crippen molar-refractivity contribution in [3.63, 3.8) is 0 Å².